The summed E-state index contributed by atoms with van der Waals surface area (Å²) in [5, 5.41) is 18.2. The number of phenolic OH excluding ortho intramolecular Hbond substituents is 1. The lowest BCUT2D eigenvalue weighted by Gasteiger charge is -2.26. The SMILES string of the molecule is CCC(C(=O)O)N(C)C(=O)[C@H](N)Cc1ccc(O)cc1. The Kier molecular flexibility index (Phi) is 5.52. The van der Waals surface area contributed by atoms with Crippen LogP contribution in [0.25, 0.3) is 0 Å². The van der Waals surface area contributed by atoms with Gasteiger partial charge in [0.2, 0.25) is 5.91 Å². The smallest absolute Gasteiger partial charge is 0.326 e. The van der Waals surface area contributed by atoms with Crippen molar-refractivity contribution in [1.29, 1.82) is 0 Å². The Morgan fingerprint density at radius 2 is 1.85 bits per heavy atom. The Balaban J connectivity index is 2.71. The van der Waals surface area contributed by atoms with E-state index in [2.05, 4.69) is 0 Å². The van der Waals surface area contributed by atoms with Crippen LogP contribution in [0.4, 0.5) is 0 Å². The van der Waals surface area contributed by atoms with Crippen molar-refractivity contribution in [3.8, 4) is 5.75 Å². The average Bonchev–Trinajstić information content (AvgIpc) is 2.40. The van der Waals surface area contributed by atoms with Gasteiger partial charge in [0.25, 0.3) is 0 Å². The molecule has 1 unspecified atom stereocenters. The zero-order chi connectivity index (χ0) is 15.3. The van der Waals surface area contributed by atoms with Crippen molar-refractivity contribution < 1.29 is 19.8 Å². The quantitative estimate of drug-likeness (QED) is 0.707. The maximum Gasteiger partial charge on any atom is 0.326 e. The van der Waals surface area contributed by atoms with E-state index in [1.807, 2.05) is 0 Å². The molecule has 110 valence electrons. The average molecular weight is 280 g/mol. The maximum absolute atomic E-state index is 12.1. The van der Waals surface area contributed by atoms with E-state index in [4.69, 9.17) is 10.8 Å². The molecule has 1 aromatic carbocycles. The second-order valence-electron chi connectivity index (χ2n) is 4.69. The molecule has 0 heterocycles. The van der Waals surface area contributed by atoms with Crippen LogP contribution in [0, 0.1) is 0 Å². The molecule has 0 aliphatic carbocycles. The van der Waals surface area contributed by atoms with E-state index in [1.54, 1.807) is 19.1 Å². The largest absolute Gasteiger partial charge is 0.508 e. The molecule has 4 N–H and O–H groups in total. The number of carbonyl (C=O) groups excluding carboxylic acids is 1. The second-order valence-corrected chi connectivity index (χ2v) is 4.69. The first-order chi connectivity index (χ1) is 9.36. The molecule has 1 aromatic rings. The molecule has 6 heteroatoms. The second kappa shape index (κ2) is 6.91. The highest BCUT2D eigenvalue weighted by Gasteiger charge is 2.28. The van der Waals surface area contributed by atoms with Gasteiger partial charge in [-0.1, -0.05) is 19.1 Å². The minimum atomic E-state index is -1.04. The molecule has 0 aromatic heterocycles. The molecule has 0 spiro atoms. The van der Waals surface area contributed by atoms with Crippen molar-refractivity contribution in [1.82, 2.24) is 4.90 Å². The topological polar surface area (TPSA) is 104 Å². The first-order valence-electron chi connectivity index (χ1n) is 6.39. The fraction of sp³-hybridized carbons (Fsp3) is 0.429. The number of rotatable bonds is 6. The predicted octanol–water partition coefficient (Wildman–Crippen LogP) is 0.584. The summed E-state index contributed by atoms with van der Waals surface area (Å²) in [5.41, 5.74) is 6.64. The third-order valence-electron chi connectivity index (χ3n) is 3.20. The van der Waals surface area contributed by atoms with Crippen molar-refractivity contribution in [2.75, 3.05) is 7.05 Å². The number of likely N-dealkylation sites (N-methyl/N-ethyl adjacent to an activating group) is 1. The van der Waals surface area contributed by atoms with Gasteiger partial charge in [-0.2, -0.15) is 0 Å². The molecule has 0 aliphatic heterocycles. The number of aliphatic carboxylic acids is 1. The number of nitrogens with zero attached hydrogens (tertiary/aromatic N) is 1. The zero-order valence-corrected chi connectivity index (χ0v) is 11.6. The lowest BCUT2D eigenvalue weighted by atomic mass is 10.0. The van der Waals surface area contributed by atoms with E-state index < -0.39 is 24.0 Å². The summed E-state index contributed by atoms with van der Waals surface area (Å²) in [6.45, 7) is 1.70. The van der Waals surface area contributed by atoms with Crippen LogP contribution in [0.2, 0.25) is 0 Å². The lowest BCUT2D eigenvalue weighted by Crippen LogP contribution is -2.49. The Hall–Kier alpha value is -2.08. The number of amides is 1. The summed E-state index contributed by atoms with van der Waals surface area (Å²) >= 11 is 0. The highest BCUT2D eigenvalue weighted by atomic mass is 16.4. The number of nitrogens with two attached hydrogens (primary N) is 1. The Morgan fingerprint density at radius 1 is 1.30 bits per heavy atom. The molecular formula is C14H20N2O4. The predicted molar refractivity (Wildman–Crippen MR) is 74.3 cm³/mol. The number of phenols is 1. The number of aromatic hydroxyl groups is 1. The molecule has 1 amide bonds. The molecular weight excluding hydrogens is 260 g/mol. The van der Waals surface area contributed by atoms with Crippen molar-refractivity contribution in [2.45, 2.75) is 31.8 Å². The van der Waals surface area contributed by atoms with E-state index in [-0.39, 0.29) is 5.75 Å². The van der Waals surface area contributed by atoms with E-state index in [0.717, 1.165) is 5.56 Å². The molecule has 6 nitrogen and oxygen atoms in total. The molecule has 0 saturated carbocycles. The van der Waals surface area contributed by atoms with Crippen LogP contribution in [0.1, 0.15) is 18.9 Å². The summed E-state index contributed by atoms with van der Waals surface area (Å²) in [4.78, 5) is 24.3. The van der Waals surface area contributed by atoms with Crippen LogP contribution in [-0.2, 0) is 16.0 Å². The number of hydrogen-bond acceptors (Lipinski definition) is 4. The van der Waals surface area contributed by atoms with Crippen molar-refractivity contribution >= 4 is 11.9 Å². The van der Waals surface area contributed by atoms with Gasteiger partial charge < -0.3 is 20.8 Å². The minimum Gasteiger partial charge on any atom is -0.508 e. The molecule has 0 aliphatic rings. The number of hydrogen-bond donors (Lipinski definition) is 3. The molecule has 2 atom stereocenters. The third-order valence-corrected chi connectivity index (χ3v) is 3.20. The first-order valence-corrected chi connectivity index (χ1v) is 6.39. The summed E-state index contributed by atoms with van der Waals surface area (Å²) in [6, 6.07) is 4.71. The van der Waals surface area contributed by atoms with Crippen LogP contribution < -0.4 is 5.73 Å². The lowest BCUT2D eigenvalue weighted by molar-refractivity contribution is -0.149. The Bertz CT molecular complexity index is 473. The molecule has 0 bridgehead atoms. The van der Waals surface area contributed by atoms with Crippen molar-refractivity contribution in [3.05, 3.63) is 29.8 Å². The van der Waals surface area contributed by atoms with Crippen LogP contribution >= 0.6 is 0 Å². The fourth-order valence-electron chi connectivity index (χ4n) is 2.00. The van der Waals surface area contributed by atoms with Crippen LogP contribution in [-0.4, -0.2) is 46.1 Å². The van der Waals surface area contributed by atoms with Crippen LogP contribution in [0.5, 0.6) is 5.75 Å². The minimum absolute atomic E-state index is 0.141. The fourth-order valence-corrected chi connectivity index (χ4v) is 2.00. The van der Waals surface area contributed by atoms with Crippen LogP contribution in [0.3, 0.4) is 0 Å². The van der Waals surface area contributed by atoms with E-state index in [0.29, 0.717) is 12.8 Å². The van der Waals surface area contributed by atoms with Gasteiger partial charge >= 0.3 is 5.97 Å². The molecule has 0 fully saturated rings. The summed E-state index contributed by atoms with van der Waals surface area (Å²) < 4.78 is 0. The monoisotopic (exact) mass is 280 g/mol. The molecule has 20 heavy (non-hydrogen) atoms. The highest BCUT2D eigenvalue weighted by molar-refractivity contribution is 5.86. The number of carboxylic acids is 1. The van der Waals surface area contributed by atoms with E-state index >= 15 is 0 Å². The van der Waals surface area contributed by atoms with Gasteiger partial charge in [-0.25, -0.2) is 4.79 Å². The zero-order valence-electron chi connectivity index (χ0n) is 11.6. The van der Waals surface area contributed by atoms with Gasteiger partial charge in [0.1, 0.15) is 11.8 Å². The standard InChI is InChI=1S/C14H20N2O4/c1-3-12(14(19)20)16(2)13(18)11(15)8-9-4-6-10(17)7-5-9/h4-7,11-12,17H,3,8,15H2,1-2H3,(H,19,20)/t11-,12?/m1/s1. The summed E-state index contributed by atoms with van der Waals surface area (Å²) in [5.74, 6) is -1.31. The maximum atomic E-state index is 12.1. The number of benzene rings is 1. The highest BCUT2D eigenvalue weighted by Crippen LogP contribution is 2.12. The van der Waals surface area contributed by atoms with Gasteiger partial charge in [-0.3, -0.25) is 4.79 Å². The van der Waals surface area contributed by atoms with Crippen molar-refractivity contribution in [3.63, 3.8) is 0 Å². The molecule has 0 radical (unpaired) electrons. The van der Waals surface area contributed by atoms with Gasteiger partial charge in [0, 0.05) is 7.05 Å². The normalized spacial score (nSPS) is 13.6. The van der Waals surface area contributed by atoms with E-state index in [1.165, 1.54) is 24.1 Å². The first kappa shape index (κ1) is 16.0. The summed E-state index contributed by atoms with van der Waals surface area (Å²) in [7, 11) is 1.45. The number of carbonyl (C=O) groups is 2. The van der Waals surface area contributed by atoms with Gasteiger partial charge in [-0.05, 0) is 30.5 Å². The third kappa shape index (κ3) is 3.96. The molecule has 0 saturated heterocycles. The van der Waals surface area contributed by atoms with Gasteiger partial charge in [0.05, 0.1) is 6.04 Å². The summed E-state index contributed by atoms with van der Waals surface area (Å²) in [6.07, 6.45) is 0.614. The van der Waals surface area contributed by atoms with Crippen molar-refractivity contribution in [2.24, 2.45) is 5.73 Å². The van der Waals surface area contributed by atoms with E-state index in [9.17, 15) is 14.7 Å². The molecule has 1 rings (SSSR count). The number of carboxylic acid groups (broad SMARTS) is 1. The Morgan fingerprint density at radius 3 is 2.30 bits per heavy atom. The van der Waals surface area contributed by atoms with Gasteiger partial charge in [0.15, 0.2) is 0 Å². The van der Waals surface area contributed by atoms with Crippen LogP contribution in [0.15, 0.2) is 24.3 Å². The Labute approximate surface area is 117 Å². The van der Waals surface area contributed by atoms with Gasteiger partial charge in [-0.15, -0.1) is 0 Å².